The highest BCUT2D eigenvalue weighted by molar-refractivity contribution is 6.30. The van der Waals surface area contributed by atoms with Gasteiger partial charge in [-0.3, -0.25) is 0 Å². The molecule has 0 atom stereocenters. The predicted molar refractivity (Wildman–Crippen MR) is 132 cm³/mol. The normalized spacial score (nSPS) is 16.5. The van der Waals surface area contributed by atoms with Crippen molar-refractivity contribution in [2.24, 2.45) is 5.73 Å². The average molecular weight is 433 g/mol. The molecule has 3 heteroatoms. The molecule has 1 aliphatic rings. The number of piperidine rings is 1. The third-order valence-corrected chi connectivity index (χ3v) is 7.28. The van der Waals surface area contributed by atoms with Gasteiger partial charge in [0.05, 0.1) is 0 Å². The highest BCUT2D eigenvalue weighted by atomic mass is 35.5. The van der Waals surface area contributed by atoms with Crippen LogP contribution in [-0.4, -0.2) is 31.1 Å². The van der Waals surface area contributed by atoms with E-state index in [2.05, 4.69) is 77.7 Å². The maximum atomic E-state index is 6.27. The van der Waals surface area contributed by atoms with E-state index in [1.165, 1.54) is 29.5 Å². The molecule has 162 valence electrons. The summed E-state index contributed by atoms with van der Waals surface area (Å²) in [6.07, 6.45) is 4.60. The lowest BCUT2D eigenvalue weighted by Gasteiger charge is -2.42. The van der Waals surface area contributed by atoms with Crippen LogP contribution < -0.4 is 5.73 Å². The number of halogens is 1. The quantitative estimate of drug-likeness (QED) is 0.456. The van der Waals surface area contributed by atoms with Gasteiger partial charge < -0.3 is 10.6 Å². The van der Waals surface area contributed by atoms with Crippen LogP contribution in [0.5, 0.6) is 0 Å². The zero-order chi connectivity index (χ0) is 21.5. The van der Waals surface area contributed by atoms with Crippen LogP contribution in [0.2, 0.25) is 5.02 Å². The summed E-state index contributed by atoms with van der Waals surface area (Å²) in [4.78, 5) is 2.62. The van der Waals surface area contributed by atoms with Gasteiger partial charge in [-0.2, -0.15) is 0 Å². The Morgan fingerprint density at radius 1 is 0.806 bits per heavy atom. The molecule has 1 fully saturated rings. The van der Waals surface area contributed by atoms with Crippen LogP contribution in [0.15, 0.2) is 84.9 Å². The molecule has 3 aromatic carbocycles. The SMILES string of the molecule is NCC1(c2ccc(Cl)cc2)CCN(CCCC(c2ccccc2)c2ccccc2)CC1. The highest BCUT2D eigenvalue weighted by Gasteiger charge is 2.34. The van der Waals surface area contributed by atoms with Gasteiger partial charge in [0.15, 0.2) is 0 Å². The first kappa shape index (κ1) is 22.1. The molecule has 0 aromatic heterocycles. The van der Waals surface area contributed by atoms with Crippen LogP contribution >= 0.6 is 11.6 Å². The van der Waals surface area contributed by atoms with Crippen LogP contribution in [0.25, 0.3) is 0 Å². The van der Waals surface area contributed by atoms with Gasteiger partial charge in [0.1, 0.15) is 0 Å². The van der Waals surface area contributed by atoms with E-state index >= 15 is 0 Å². The van der Waals surface area contributed by atoms with Crippen molar-refractivity contribution < 1.29 is 0 Å². The maximum absolute atomic E-state index is 6.27. The van der Waals surface area contributed by atoms with Gasteiger partial charge in [-0.25, -0.2) is 0 Å². The summed E-state index contributed by atoms with van der Waals surface area (Å²) in [5, 5.41) is 0.791. The van der Waals surface area contributed by atoms with E-state index in [9.17, 15) is 0 Å². The molecule has 1 heterocycles. The Balaban J connectivity index is 1.35. The summed E-state index contributed by atoms with van der Waals surface area (Å²) in [6.45, 7) is 4.08. The Kier molecular flexibility index (Phi) is 7.45. The molecule has 2 N–H and O–H groups in total. The Bertz CT molecular complexity index is 877. The molecular weight excluding hydrogens is 400 g/mol. The Labute approximate surface area is 192 Å². The monoisotopic (exact) mass is 432 g/mol. The van der Waals surface area contributed by atoms with Crippen LogP contribution in [-0.2, 0) is 5.41 Å². The first-order valence-electron chi connectivity index (χ1n) is 11.5. The second kappa shape index (κ2) is 10.5. The van der Waals surface area contributed by atoms with Crippen molar-refractivity contribution in [3.63, 3.8) is 0 Å². The van der Waals surface area contributed by atoms with Crippen molar-refractivity contribution >= 4 is 11.6 Å². The Hall–Kier alpha value is -2.13. The minimum absolute atomic E-state index is 0.0949. The fourth-order valence-electron chi connectivity index (χ4n) is 5.03. The lowest BCUT2D eigenvalue weighted by atomic mass is 9.73. The van der Waals surface area contributed by atoms with Crippen LogP contribution in [0.1, 0.15) is 48.3 Å². The third kappa shape index (κ3) is 5.38. The molecule has 4 rings (SSSR count). The summed E-state index contributed by atoms with van der Waals surface area (Å²) in [6, 6.07) is 30.2. The molecule has 0 unspecified atom stereocenters. The maximum Gasteiger partial charge on any atom is 0.0406 e. The van der Waals surface area contributed by atoms with Gasteiger partial charge in [0.2, 0.25) is 0 Å². The molecule has 0 spiro atoms. The van der Waals surface area contributed by atoms with E-state index in [1.807, 2.05) is 12.1 Å². The van der Waals surface area contributed by atoms with Crippen LogP contribution in [0, 0.1) is 0 Å². The third-order valence-electron chi connectivity index (χ3n) is 7.03. The summed E-state index contributed by atoms with van der Waals surface area (Å²) in [5.74, 6) is 0.462. The summed E-state index contributed by atoms with van der Waals surface area (Å²) in [5.41, 5.74) is 10.5. The van der Waals surface area contributed by atoms with E-state index in [0.717, 1.165) is 37.5 Å². The topological polar surface area (TPSA) is 29.3 Å². The Morgan fingerprint density at radius 2 is 1.35 bits per heavy atom. The number of likely N-dealkylation sites (tertiary alicyclic amines) is 1. The van der Waals surface area contributed by atoms with Crippen molar-refractivity contribution in [2.75, 3.05) is 26.2 Å². The number of hydrogen-bond donors (Lipinski definition) is 1. The number of hydrogen-bond acceptors (Lipinski definition) is 2. The van der Waals surface area contributed by atoms with Crippen molar-refractivity contribution in [1.82, 2.24) is 4.90 Å². The molecule has 1 aliphatic heterocycles. The fraction of sp³-hybridized carbons (Fsp3) is 0.357. The number of benzene rings is 3. The van der Waals surface area contributed by atoms with Gasteiger partial charge in [-0.1, -0.05) is 84.4 Å². The lowest BCUT2D eigenvalue weighted by Crippen LogP contribution is -2.46. The first-order valence-corrected chi connectivity index (χ1v) is 11.9. The Morgan fingerprint density at radius 3 is 1.87 bits per heavy atom. The second-order valence-electron chi connectivity index (χ2n) is 8.85. The van der Waals surface area contributed by atoms with E-state index in [-0.39, 0.29) is 5.41 Å². The lowest BCUT2D eigenvalue weighted by molar-refractivity contribution is 0.159. The molecule has 0 amide bonds. The molecule has 0 saturated carbocycles. The molecular formula is C28H33ClN2. The smallest absolute Gasteiger partial charge is 0.0406 e. The van der Waals surface area contributed by atoms with Gasteiger partial charge >= 0.3 is 0 Å². The number of rotatable bonds is 8. The summed E-state index contributed by atoms with van der Waals surface area (Å²) >= 11 is 6.09. The number of nitrogens with two attached hydrogens (primary N) is 1. The largest absolute Gasteiger partial charge is 0.330 e. The molecule has 0 aliphatic carbocycles. The van der Waals surface area contributed by atoms with E-state index < -0.39 is 0 Å². The van der Waals surface area contributed by atoms with Gasteiger partial charge in [-0.05, 0) is 74.1 Å². The minimum atomic E-state index is 0.0949. The van der Waals surface area contributed by atoms with Gasteiger partial charge in [0, 0.05) is 22.9 Å². The molecule has 3 aromatic rings. The zero-order valence-corrected chi connectivity index (χ0v) is 19.0. The summed E-state index contributed by atoms with van der Waals surface area (Å²) in [7, 11) is 0. The zero-order valence-electron chi connectivity index (χ0n) is 18.2. The van der Waals surface area contributed by atoms with E-state index in [4.69, 9.17) is 17.3 Å². The van der Waals surface area contributed by atoms with Gasteiger partial charge in [-0.15, -0.1) is 0 Å². The molecule has 2 nitrogen and oxygen atoms in total. The average Bonchev–Trinajstić information content (AvgIpc) is 2.84. The first-order chi connectivity index (χ1) is 15.2. The van der Waals surface area contributed by atoms with Crippen molar-refractivity contribution in [3.05, 3.63) is 107 Å². The molecule has 1 saturated heterocycles. The molecule has 0 radical (unpaired) electrons. The molecule has 31 heavy (non-hydrogen) atoms. The van der Waals surface area contributed by atoms with Crippen molar-refractivity contribution in [1.29, 1.82) is 0 Å². The highest BCUT2D eigenvalue weighted by Crippen LogP contribution is 2.36. The van der Waals surface area contributed by atoms with E-state index in [1.54, 1.807) is 0 Å². The van der Waals surface area contributed by atoms with Gasteiger partial charge in [0.25, 0.3) is 0 Å². The standard InChI is InChI=1S/C28H33ClN2/c29-26-15-13-25(14-16-26)28(22-30)17-20-31(21-18-28)19-7-12-27(23-8-3-1-4-9-23)24-10-5-2-6-11-24/h1-6,8-11,13-16,27H,7,12,17-22,30H2. The minimum Gasteiger partial charge on any atom is -0.330 e. The second-order valence-corrected chi connectivity index (χ2v) is 9.29. The molecule has 0 bridgehead atoms. The summed E-state index contributed by atoms with van der Waals surface area (Å²) < 4.78 is 0. The number of nitrogens with zero attached hydrogens (tertiary/aromatic N) is 1. The van der Waals surface area contributed by atoms with Crippen LogP contribution in [0.4, 0.5) is 0 Å². The van der Waals surface area contributed by atoms with Crippen LogP contribution in [0.3, 0.4) is 0 Å². The fourth-order valence-corrected chi connectivity index (χ4v) is 5.16. The van der Waals surface area contributed by atoms with E-state index in [0.29, 0.717) is 12.5 Å². The van der Waals surface area contributed by atoms with Crippen molar-refractivity contribution in [2.45, 2.75) is 37.0 Å². The van der Waals surface area contributed by atoms with Crippen molar-refractivity contribution in [3.8, 4) is 0 Å². The predicted octanol–water partition coefficient (Wildman–Crippen LogP) is 6.24.